The molecule has 3 rings (SSSR count). The minimum atomic E-state index is -4.27. The highest BCUT2D eigenvalue weighted by atomic mass is 19.4. The van der Waals surface area contributed by atoms with Gasteiger partial charge in [-0.3, -0.25) is 0 Å². The number of aromatic nitrogens is 3. The average Bonchev–Trinajstić information content (AvgIpc) is 2.54. The molecule has 1 aromatic rings. The number of hydrogen-bond acceptors (Lipinski definition) is 3. The molecule has 2 heterocycles. The molecule has 0 bridgehead atoms. The van der Waals surface area contributed by atoms with Crippen molar-refractivity contribution in [2.24, 2.45) is 0 Å². The van der Waals surface area contributed by atoms with E-state index in [2.05, 4.69) is 15.4 Å². The third-order valence-corrected chi connectivity index (χ3v) is 3.74. The lowest BCUT2D eigenvalue weighted by molar-refractivity contribution is -0.173. The Morgan fingerprint density at radius 1 is 1.33 bits per heavy atom. The molecule has 2 aliphatic rings. The molecule has 1 aliphatic heterocycles. The molecule has 2 unspecified atom stereocenters. The van der Waals surface area contributed by atoms with Crippen molar-refractivity contribution < 1.29 is 13.2 Å². The average molecular weight is 260 g/mol. The van der Waals surface area contributed by atoms with Crippen LogP contribution in [0.25, 0.3) is 0 Å². The van der Waals surface area contributed by atoms with Gasteiger partial charge in [-0.25, -0.2) is 4.68 Å². The number of alkyl halides is 3. The number of halogens is 3. The highest BCUT2D eigenvalue weighted by Crippen LogP contribution is 2.41. The summed E-state index contributed by atoms with van der Waals surface area (Å²) in [6, 6.07) is -1.78. The van der Waals surface area contributed by atoms with Crippen molar-refractivity contribution in [2.45, 2.75) is 56.8 Å². The summed E-state index contributed by atoms with van der Waals surface area (Å²) >= 11 is 0. The van der Waals surface area contributed by atoms with Crippen molar-refractivity contribution in [3.8, 4) is 0 Å². The number of anilines is 1. The van der Waals surface area contributed by atoms with Crippen LogP contribution in [0.5, 0.6) is 0 Å². The first-order valence-electron chi connectivity index (χ1n) is 6.25. The molecule has 1 aromatic heterocycles. The zero-order chi connectivity index (χ0) is 12.9. The second-order valence-corrected chi connectivity index (χ2v) is 5.20. The molecule has 1 saturated carbocycles. The van der Waals surface area contributed by atoms with Crippen molar-refractivity contribution in [3.63, 3.8) is 0 Å². The van der Waals surface area contributed by atoms with Gasteiger partial charge in [-0.2, -0.15) is 23.3 Å². The van der Waals surface area contributed by atoms with Crippen LogP contribution in [0.4, 0.5) is 19.1 Å². The lowest BCUT2D eigenvalue weighted by Gasteiger charge is -2.30. The topological polar surface area (TPSA) is 42.7 Å². The van der Waals surface area contributed by atoms with Gasteiger partial charge in [-0.05, 0) is 26.2 Å². The van der Waals surface area contributed by atoms with Crippen molar-refractivity contribution in [2.75, 3.05) is 5.32 Å². The zero-order valence-corrected chi connectivity index (χ0v) is 10.0. The second-order valence-electron chi connectivity index (χ2n) is 5.20. The van der Waals surface area contributed by atoms with Gasteiger partial charge >= 0.3 is 6.18 Å². The maximum Gasteiger partial charge on any atom is 0.411 e. The SMILES string of the molecule is CC1CC(C(F)(F)F)n2nc(C3CCC3)nc2N1. The fraction of sp³-hybridized carbons (Fsp3) is 0.818. The van der Waals surface area contributed by atoms with Crippen LogP contribution in [-0.2, 0) is 0 Å². The van der Waals surface area contributed by atoms with E-state index in [0.29, 0.717) is 5.82 Å². The molecular formula is C11H15F3N4. The van der Waals surface area contributed by atoms with E-state index in [1.54, 1.807) is 6.92 Å². The Labute approximate surface area is 103 Å². The van der Waals surface area contributed by atoms with Crippen molar-refractivity contribution >= 4 is 5.95 Å². The van der Waals surface area contributed by atoms with Crippen LogP contribution in [0.1, 0.15) is 50.4 Å². The largest absolute Gasteiger partial charge is 0.411 e. The van der Waals surface area contributed by atoms with Gasteiger partial charge in [0, 0.05) is 12.0 Å². The Kier molecular flexibility index (Phi) is 2.53. The fourth-order valence-electron chi connectivity index (χ4n) is 2.48. The molecule has 0 amide bonds. The van der Waals surface area contributed by atoms with Crippen LogP contribution in [0.2, 0.25) is 0 Å². The maximum absolute atomic E-state index is 13.0. The molecule has 100 valence electrons. The fourth-order valence-corrected chi connectivity index (χ4v) is 2.48. The summed E-state index contributed by atoms with van der Waals surface area (Å²) < 4.78 is 40.0. The zero-order valence-electron chi connectivity index (χ0n) is 10.0. The molecule has 2 atom stereocenters. The number of fused-ring (bicyclic) bond motifs is 1. The van der Waals surface area contributed by atoms with Crippen LogP contribution in [-0.4, -0.2) is 27.0 Å². The summed E-state index contributed by atoms with van der Waals surface area (Å²) in [7, 11) is 0. The lowest BCUT2D eigenvalue weighted by atomic mass is 9.85. The van der Waals surface area contributed by atoms with E-state index in [0.717, 1.165) is 23.9 Å². The van der Waals surface area contributed by atoms with Crippen LogP contribution in [0.3, 0.4) is 0 Å². The highest BCUT2D eigenvalue weighted by molar-refractivity contribution is 5.31. The summed E-state index contributed by atoms with van der Waals surface area (Å²) in [5, 5.41) is 7.05. The van der Waals surface area contributed by atoms with Gasteiger partial charge < -0.3 is 5.32 Å². The molecule has 1 N–H and O–H groups in total. The normalized spacial score (nSPS) is 28.4. The van der Waals surface area contributed by atoms with Gasteiger partial charge in [0.1, 0.15) is 0 Å². The van der Waals surface area contributed by atoms with E-state index in [1.807, 2.05) is 0 Å². The molecular weight excluding hydrogens is 245 g/mol. The van der Waals surface area contributed by atoms with Crippen molar-refractivity contribution in [3.05, 3.63) is 5.82 Å². The summed E-state index contributed by atoms with van der Waals surface area (Å²) in [6.07, 6.45) is -1.19. The molecule has 7 heteroatoms. The molecule has 0 saturated heterocycles. The van der Waals surface area contributed by atoms with Crippen LogP contribution in [0.15, 0.2) is 0 Å². The first kappa shape index (κ1) is 11.8. The van der Waals surface area contributed by atoms with Gasteiger partial charge in [0.25, 0.3) is 0 Å². The van der Waals surface area contributed by atoms with E-state index < -0.39 is 12.2 Å². The molecule has 1 fully saturated rings. The Morgan fingerprint density at radius 2 is 2.06 bits per heavy atom. The first-order valence-corrected chi connectivity index (χ1v) is 6.25. The number of rotatable bonds is 1. The summed E-state index contributed by atoms with van der Waals surface area (Å²) in [5.41, 5.74) is 0. The predicted octanol–water partition coefficient (Wildman–Crippen LogP) is 2.85. The maximum atomic E-state index is 13.0. The Bertz CT molecular complexity index is 450. The molecule has 1 aliphatic carbocycles. The number of hydrogen-bond donors (Lipinski definition) is 1. The van der Waals surface area contributed by atoms with Gasteiger partial charge in [0.15, 0.2) is 11.9 Å². The summed E-state index contributed by atoms with van der Waals surface area (Å²) in [4.78, 5) is 4.23. The van der Waals surface area contributed by atoms with E-state index in [-0.39, 0.29) is 24.3 Å². The third-order valence-electron chi connectivity index (χ3n) is 3.74. The van der Waals surface area contributed by atoms with Gasteiger partial charge in [-0.1, -0.05) is 6.42 Å². The first-order chi connectivity index (χ1) is 8.45. The lowest BCUT2D eigenvalue weighted by Crippen LogP contribution is -2.38. The van der Waals surface area contributed by atoms with Crippen LogP contribution < -0.4 is 5.32 Å². The van der Waals surface area contributed by atoms with Gasteiger partial charge in [0.05, 0.1) is 0 Å². The molecule has 0 spiro atoms. The highest BCUT2D eigenvalue weighted by Gasteiger charge is 2.46. The number of nitrogens with one attached hydrogen (secondary N) is 1. The third kappa shape index (κ3) is 1.85. The summed E-state index contributed by atoms with van der Waals surface area (Å²) in [6.45, 7) is 1.74. The Morgan fingerprint density at radius 3 is 2.61 bits per heavy atom. The van der Waals surface area contributed by atoms with E-state index >= 15 is 0 Å². The minimum Gasteiger partial charge on any atom is -0.352 e. The Hall–Kier alpha value is -1.27. The predicted molar refractivity (Wildman–Crippen MR) is 59.4 cm³/mol. The molecule has 0 radical (unpaired) electrons. The molecule has 0 aromatic carbocycles. The van der Waals surface area contributed by atoms with Crippen molar-refractivity contribution in [1.29, 1.82) is 0 Å². The second kappa shape index (κ2) is 3.86. The van der Waals surface area contributed by atoms with Crippen LogP contribution in [0, 0.1) is 0 Å². The van der Waals surface area contributed by atoms with Crippen LogP contribution >= 0.6 is 0 Å². The molecule has 18 heavy (non-hydrogen) atoms. The quantitative estimate of drug-likeness (QED) is 0.844. The standard InChI is InChI=1S/C11H15F3N4/c1-6-5-8(11(12,13)14)18-10(15-6)16-9(17-18)7-3-2-4-7/h6-8H,2-5H2,1H3,(H,15,16,17). The number of nitrogens with zero attached hydrogens (tertiary/aromatic N) is 3. The monoisotopic (exact) mass is 260 g/mol. The smallest absolute Gasteiger partial charge is 0.352 e. The van der Waals surface area contributed by atoms with Gasteiger partial charge in [-0.15, -0.1) is 0 Å². The van der Waals surface area contributed by atoms with Crippen molar-refractivity contribution in [1.82, 2.24) is 14.8 Å². The molecule has 4 nitrogen and oxygen atoms in total. The summed E-state index contributed by atoms with van der Waals surface area (Å²) in [5.74, 6) is 1.07. The van der Waals surface area contributed by atoms with E-state index in [9.17, 15) is 13.2 Å². The Balaban J connectivity index is 1.96. The minimum absolute atomic E-state index is 0.00394. The van der Waals surface area contributed by atoms with E-state index in [1.165, 1.54) is 0 Å². The van der Waals surface area contributed by atoms with Gasteiger partial charge in [0.2, 0.25) is 5.95 Å². The van der Waals surface area contributed by atoms with E-state index in [4.69, 9.17) is 0 Å².